The third-order valence-electron chi connectivity index (χ3n) is 6.03. The van der Waals surface area contributed by atoms with Gasteiger partial charge in [0.2, 0.25) is 5.91 Å². The molecule has 1 N–H and O–H groups in total. The largest absolute Gasteiger partial charge is 0.339 e. The summed E-state index contributed by atoms with van der Waals surface area (Å²) in [4.78, 5) is 15.6. The fourth-order valence-electron chi connectivity index (χ4n) is 4.34. The summed E-state index contributed by atoms with van der Waals surface area (Å²) in [5.41, 5.74) is -0.102. The fourth-order valence-corrected chi connectivity index (χ4v) is 4.34. The molecule has 0 bridgehead atoms. The van der Waals surface area contributed by atoms with Crippen LogP contribution in [-0.2, 0) is 4.79 Å². The van der Waals surface area contributed by atoms with Crippen molar-refractivity contribution in [1.29, 1.82) is 0 Å². The van der Waals surface area contributed by atoms with E-state index in [4.69, 9.17) is 0 Å². The first-order valence-corrected chi connectivity index (χ1v) is 9.27. The molecule has 1 amide bonds. The van der Waals surface area contributed by atoms with Gasteiger partial charge in [-0.15, -0.1) is 0 Å². The number of hydrogen-bond donors (Lipinski definition) is 1. The second-order valence-electron chi connectivity index (χ2n) is 7.61. The lowest BCUT2D eigenvalue weighted by Gasteiger charge is -2.41. The highest BCUT2D eigenvalue weighted by Gasteiger charge is 2.45. The first kappa shape index (κ1) is 15.3. The Bertz CT molecular complexity index is 352. The number of hydrogen-bond acceptors (Lipinski definition) is 2. The average molecular weight is 292 g/mol. The van der Waals surface area contributed by atoms with Gasteiger partial charge >= 0.3 is 0 Å². The fraction of sp³-hybridized carbons (Fsp3) is 0.944. The SMILES string of the molecule is CCC1(C(=O)N(CC2CCCCC2)C2CC2)CCCNC1. The molecule has 1 saturated heterocycles. The Balaban J connectivity index is 1.68. The Labute approximate surface area is 129 Å². The van der Waals surface area contributed by atoms with Crippen LogP contribution in [0.25, 0.3) is 0 Å². The molecular weight excluding hydrogens is 260 g/mol. The molecule has 3 fully saturated rings. The van der Waals surface area contributed by atoms with E-state index >= 15 is 0 Å². The highest BCUT2D eigenvalue weighted by Crippen LogP contribution is 2.38. The number of nitrogens with one attached hydrogen (secondary N) is 1. The van der Waals surface area contributed by atoms with Crippen LogP contribution in [0.4, 0.5) is 0 Å². The molecule has 0 radical (unpaired) electrons. The Kier molecular flexibility index (Phi) is 4.88. The molecule has 3 nitrogen and oxygen atoms in total. The maximum absolute atomic E-state index is 13.3. The van der Waals surface area contributed by atoms with E-state index in [-0.39, 0.29) is 5.41 Å². The van der Waals surface area contributed by atoms with E-state index in [1.54, 1.807) is 0 Å². The predicted octanol–water partition coefficient (Wildman–Crippen LogP) is 3.34. The summed E-state index contributed by atoms with van der Waals surface area (Å²) in [6.45, 7) is 5.24. The van der Waals surface area contributed by atoms with Gasteiger partial charge in [-0.2, -0.15) is 0 Å². The van der Waals surface area contributed by atoms with E-state index in [2.05, 4.69) is 17.1 Å². The molecule has 1 unspecified atom stereocenters. The van der Waals surface area contributed by atoms with Gasteiger partial charge in [-0.3, -0.25) is 4.79 Å². The minimum Gasteiger partial charge on any atom is -0.339 e. The van der Waals surface area contributed by atoms with Gasteiger partial charge in [0.25, 0.3) is 0 Å². The lowest BCUT2D eigenvalue weighted by molar-refractivity contribution is -0.145. The van der Waals surface area contributed by atoms with Crippen LogP contribution in [0.15, 0.2) is 0 Å². The maximum Gasteiger partial charge on any atom is 0.230 e. The Morgan fingerprint density at radius 3 is 2.48 bits per heavy atom. The van der Waals surface area contributed by atoms with Crippen LogP contribution >= 0.6 is 0 Å². The molecule has 21 heavy (non-hydrogen) atoms. The number of amides is 1. The Morgan fingerprint density at radius 2 is 1.90 bits per heavy atom. The summed E-state index contributed by atoms with van der Waals surface area (Å²) in [6.07, 6.45) is 12.5. The number of nitrogens with zero attached hydrogens (tertiary/aromatic N) is 1. The third-order valence-corrected chi connectivity index (χ3v) is 6.03. The lowest BCUT2D eigenvalue weighted by atomic mass is 9.76. The molecule has 1 heterocycles. The van der Waals surface area contributed by atoms with Crippen molar-refractivity contribution in [1.82, 2.24) is 10.2 Å². The molecule has 0 aromatic heterocycles. The Hall–Kier alpha value is -0.570. The van der Waals surface area contributed by atoms with Crippen LogP contribution in [-0.4, -0.2) is 36.5 Å². The van der Waals surface area contributed by atoms with Crippen molar-refractivity contribution >= 4 is 5.91 Å². The first-order valence-electron chi connectivity index (χ1n) is 9.27. The third kappa shape index (κ3) is 3.44. The normalized spacial score (nSPS) is 31.1. The van der Waals surface area contributed by atoms with Crippen LogP contribution in [0.5, 0.6) is 0 Å². The van der Waals surface area contributed by atoms with Gasteiger partial charge in [-0.05, 0) is 57.4 Å². The first-order chi connectivity index (χ1) is 10.2. The zero-order valence-corrected chi connectivity index (χ0v) is 13.7. The smallest absolute Gasteiger partial charge is 0.230 e. The van der Waals surface area contributed by atoms with Gasteiger partial charge in [0.15, 0.2) is 0 Å². The number of rotatable bonds is 5. The summed E-state index contributed by atoms with van der Waals surface area (Å²) in [6, 6.07) is 0.574. The van der Waals surface area contributed by atoms with Crippen molar-refractivity contribution < 1.29 is 4.79 Å². The molecule has 2 aliphatic carbocycles. The van der Waals surface area contributed by atoms with Gasteiger partial charge < -0.3 is 10.2 Å². The van der Waals surface area contributed by atoms with Crippen molar-refractivity contribution in [3.8, 4) is 0 Å². The number of piperidine rings is 1. The topological polar surface area (TPSA) is 32.3 Å². The van der Waals surface area contributed by atoms with Gasteiger partial charge in [0.1, 0.15) is 0 Å². The van der Waals surface area contributed by atoms with Crippen LogP contribution in [0.2, 0.25) is 0 Å². The molecule has 0 aromatic carbocycles. The van der Waals surface area contributed by atoms with Gasteiger partial charge in [0, 0.05) is 19.1 Å². The second kappa shape index (κ2) is 6.68. The zero-order chi connectivity index (χ0) is 14.7. The van der Waals surface area contributed by atoms with Crippen LogP contribution < -0.4 is 5.32 Å². The van der Waals surface area contributed by atoms with Crippen LogP contribution in [0.3, 0.4) is 0 Å². The molecule has 1 aliphatic heterocycles. The Morgan fingerprint density at radius 1 is 1.14 bits per heavy atom. The highest BCUT2D eigenvalue weighted by molar-refractivity contribution is 5.83. The molecule has 120 valence electrons. The van der Waals surface area contributed by atoms with Gasteiger partial charge in [-0.1, -0.05) is 26.2 Å². The minimum atomic E-state index is -0.102. The van der Waals surface area contributed by atoms with Crippen molar-refractivity contribution in [2.24, 2.45) is 11.3 Å². The molecule has 1 atom stereocenters. The molecule has 3 aliphatic rings. The predicted molar refractivity (Wildman–Crippen MR) is 86.1 cm³/mol. The van der Waals surface area contributed by atoms with E-state index < -0.39 is 0 Å². The lowest BCUT2D eigenvalue weighted by Crippen LogP contribution is -2.53. The second-order valence-corrected chi connectivity index (χ2v) is 7.61. The van der Waals surface area contributed by atoms with Gasteiger partial charge in [-0.25, -0.2) is 0 Å². The quantitative estimate of drug-likeness (QED) is 0.843. The average Bonchev–Trinajstić information content (AvgIpc) is 3.38. The molecular formula is C18H32N2O. The van der Waals surface area contributed by atoms with Crippen molar-refractivity contribution in [3.63, 3.8) is 0 Å². The maximum atomic E-state index is 13.3. The van der Waals surface area contributed by atoms with E-state index in [1.165, 1.54) is 44.9 Å². The van der Waals surface area contributed by atoms with E-state index in [9.17, 15) is 4.79 Å². The number of carbonyl (C=O) groups excluding carboxylic acids is 1. The minimum absolute atomic E-state index is 0.102. The summed E-state index contributed by atoms with van der Waals surface area (Å²) >= 11 is 0. The molecule has 2 saturated carbocycles. The number of carbonyl (C=O) groups is 1. The summed E-state index contributed by atoms with van der Waals surface area (Å²) in [7, 11) is 0. The molecule has 0 aromatic rings. The van der Waals surface area contributed by atoms with E-state index in [0.717, 1.165) is 44.8 Å². The standard InChI is InChI=1S/C18H32N2O/c1-2-18(11-6-12-19-14-18)17(21)20(16-9-10-16)13-15-7-4-3-5-8-15/h15-16,19H,2-14H2,1H3. The van der Waals surface area contributed by atoms with Crippen molar-refractivity contribution in [2.75, 3.05) is 19.6 Å². The van der Waals surface area contributed by atoms with E-state index in [1.807, 2.05) is 0 Å². The summed E-state index contributed by atoms with van der Waals surface area (Å²) in [5, 5.41) is 3.48. The monoisotopic (exact) mass is 292 g/mol. The van der Waals surface area contributed by atoms with Crippen LogP contribution in [0, 0.1) is 11.3 Å². The van der Waals surface area contributed by atoms with Crippen molar-refractivity contribution in [2.45, 2.75) is 77.2 Å². The highest BCUT2D eigenvalue weighted by atomic mass is 16.2. The zero-order valence-electron chi connectivity index (χ0n) is 13.7. The summed E-state index contributed by atoms with van der Waals surface area (Å²) in [5.74, 6) is 1.25. The molecule has 3 heteroatoms. The van der Waals surface area contributed by atoms with Crippen LogP contribution in [0.1, 0.15) is 71.1 Å². The van der Waals surface area contributed by atoms with Gasteiger partial charge in [0.05, 0.1) is 5.41 Å². The molecule has 0 spiro atoms. The van der Waals surface area contributed by atoms with E-state index in [0.29, 0.717) is 11.9 Å². The molecule has 3 rings (SSSR count). The summed E-state index contributed by atoms with van der Waals surface area (Å²) < 4.78 is 0. The van der Waals surface area contributed by atoms with Crippen molar-refractivity contribution in [3.05, 3.63) is 0 Å².